The van der Waals surface area contributed by atoms with Crippen LogP contribution in [0.1, 0.15) is 23.8 Å². The van der Waals surface area contributed by atoms with Crippen LogP contribution in [0.5, 0.6) is 0 Å². The number of Topliss-reactive ketones (excluding diaryl/α,β-unsaturated/α-hetero) is 1. The molecule has 2 heterocycles. The third-order valence-corrected chi connectivity index (χ3v) is 2.92. The van der Waals surface area contributed by atoms with Crippen LogP contribution in [0.2, 0.25) is 0 Å². The molecule has 2 atom stereocenters. The van der Waals surface area contributed by atoms with Gasteiger partial charge in [0.1, 0.15) is 11.8 Å². The van der Waals surface area contributed by atoms with E-state index in [4.69, 9.17) is 4.74 Å². The summed E-state index contributed by atoms with van der Waals surface area (Å²) in [7, 11) is 0. The van der Waals surface area contributed by atoms with Gasteiger partial charge in [-0.15, -0.1) is 11.3 Å². The molecule has 0 N–H and O–H groups in total. The molecule has 1 aromatic rings. The van der Waals surface area contributed by atoms with E-state index in [2.05, 4.69) is 4.98 Å². The summed E-state index contributed by atoms with van der Waals surface area (Å²) in [6.07, 6.45) is 0.711. The quantitative estimate of drug-likeness (QED) is 0.678. The van der Waals surface area contributed by atoms with Gasteiger partial charge in [-0.1, -0.05) is 6.92 Å². The van der Waals surface area contributed by atoms with Crippen molar-refractivity contribution < 1.29 is 9.53 Å². The highest BCUT2D eigenvalue weighted by Gasteiger charge is 2.32. The Morgan fingerprint density at radius 2 is 2.62 bits per heavy atom. The standard InChI is InChI=1S/C9H11NO2S/c1-6-2-3-12-9(6)8(11)7-4-13-5-10-7/h4-6,9H,2-3H2,1H3. The molecule has 1 aliphatic rings. The Hall–Kier alpha value is -0.740. The fraction of sp³-hybridized carbons (Fsp3) is 0.556. The molecule has 0 spiro atoms. The van der Waals surface area contributed by atoms with Crippen molar-refractivity contribution in [1.82, 2.24) is 4.98 Å². The number of carbonyl (C=O) groups is 1. The van der Waals surface area contributed by atoms with Crippen molar-refractivity contribution in [3.8, 4) is 0 Å². The van der Waals surface area contributed by atoms with Gasteiger partial charge in [-0.25, -0.2) is 4.98 Å². The van der Waals surface area contributed by atoms with Crippen LogP contribution in [-0.4, -0.2) is 23.5 Å². The summed E-state index contributed by atoms with van der Waals surface area (Å²) < 4.78 is 5.37. The van der Waals surface area contributed by atoms with Crippen molar-refractivity contribution in [2.45, 2.75) is 19.4 Å². The second kappa shape index (κ2) is 3.55. The molecule has 2 rings (SSSR count). The number of hydrogen-bond donors (Lipinski definition) is 0. The van der Waals surface area contributed by atoms with Crippen LogP contribution in [0, 0.1) is 5.92 Å². The van der Waals surface area contributed by atoms with Crippen LogP contribution in [0.4, 0.5) is 0 Å². The average molecular weight is 197 g/mol. The molecule has 4 heteroatoms. The number of nitrogens with zero attached hydrogens (tertiary/aromatic N) is 1. The number of aromatic nitrogens is 1. The maximum Gasteiger partial charge on any atom is 0.210 e. The van der Waals surface area contributed by atoms with Crippen molar-refractivity contribution in [3.63, 3.8) is 0 Å². The third kappa shape index (κ3) is 1.64. The zero-order valence-corrected chi connectivity index (χ0v) is 8.21. The summed E-state index contributed by atoms with van der Waals surface area (Å²) in [5, 5.41) is 1.77. The molecule has 0 aromatic carbocycles. The second-order valence-corrected chi connectivity index (χ2v) is 4.01. The summed E-state index contributed by atoms with van der Waals surface area (Å²) >= 11 is 1.44. The van der Waals surface area contributed by atoms with Crippen molar-refractivity contribution in [2.24, 2.45) is 5.92 Å². The molecule has 70 valence electrons. The summed E-state index contributed by atoms with van der Waals surface area (Å²) in [5.74, 6) is 0.362. The van der Waals surface area contributed by atoms with E-state index in [1.54, 1.807) is 10.9 Å². The zero-order chi connectivity index (χ0) is 9.26. The number of ketones is 1. The monoisotopic (exact) mass is 197 g/mol. The first-order valence-corrected chi connectivity index (χ1v) is 5.27. The lowest BCUT2D eigenvalue weighted by molar-refractivity contribution is 0.0575. The van der Waals surface area contributed by atoms with Gasteiger partial charge in [0, 0.05) is 12.0 Å². The maximum absolute atomic E-state index is 11.7. The van der Waals surface area contributed by atoms with Gasteiger partial charge in [-0.3, -0.25) is 4.79 Å². The first kappa shape index (κ1) is 8.84. The van der Waals surface area contributed by atoms with E-state index < -0.39 is 0 Å². The molecule has 1 aromatic heterocycles. The molecular formula is C9H11NO2S. The molecule has 1 saturated heterocycles. The SMILES string of the molecule is CC1CCOC1C(=O)c1cscn1. The summed E-state index contributed by atoms with van der Waals surface area (Å²) in [6, 6.07) is 0. The van der Waals surface area contributed by atoms with Crippen molar-refractivity contribution >= 4 is 17.1 Å². The zero-order valence-electron chi connectivity index (χ0n) is 7.40. The number of thiazole rings is 1. The fourth-order valence-electron chi connectivity index (χ4n) is 1.51. The van der Waals surface area contributed by atoms with Gasteiger partial charge in [0.15, 0.2) is 0 Å². The minimum absolute atomic E-state index is 0.0336. The van der Waals surface area contributed by atoms with E-state index in [-0.39, 0.29) is 11.9 Å². The second-order valence-electron chi connectivity index (χ2n) is 3.30. The predicted molar refractivity (Wildman–Crippen MR) is 50.0 cm³/mol. The first-order valence-electron chi connectivity index (χ1n) is 4.33. The Bertz CT molecular complexity index is 297. The van der Waals surface area contributed by atoms with Gasteiger partial charge in [0.05, 0.1) is 5.51 Å². The predicted octanol–water partition coefficient (Wildman–Crippen LogP) is 1.75. The molecular weight excluding hydrogens is 186 g/mol. The largest absolute Gasteiger partial charge is 0.370 e. The highest BCUT2D eigenvalue weighted by atomic mass is 32.1. The maximum atomic E-state index is 11.7. The van der Waals surface area contributed by atoms with Crippen LogP contribution in [0.3, 0.4) is 0 Å². The van der Waals surface area contributed by atoms with Crippen molar-refractivity contribution in [1.29, 1.82) is 0 Å². The Kier molecular flexibility index (Phi) is 2.42. The number of rotatable bonds is 2. The highest BCUT2D eigenvalue weighted by molar-refractivity contribution is 7.07. The van der Waals surface area contributed by atoms with Gasteiger partial charge in [-0.2, -0.15) is 0 Å². The molecule has 1 aliphatic heterocycles. The lowest BCUT2D eigenvalue weighted by Crippen LogP contribution is -2.25. The molecule has 13 heavy (non-hydrogen) atoms. The molecule has 2 unspecified atom stereocenters. The van der Waals surface area contributed by atoms with E-state index in [0.29, 0.717) is 18.2 Å². The van der Waals surface area contributed by atoms with E-state index in [9.17, 15) is 4.79 Å². The van der Waals surface area contributed by atoms with E-state index in [1.165, 1.54) is 11.3 Å². The average Bonchev–Trinajstić information content (AvgIpc) is 2.72. The molecule has 0 saturated carbocycles. The van der Waals surface area contributed by atoms with E-state index in [1.807, 2.05) is 6.92 Å². The number of ether oxygens (including phenoxy) is 1. The Morgan fingerprint density at radius 1 is 1.77 bits per heavy atom. The van der Waals surface area contributed by atoms with Crippen LogP contribution < -0.4 is 0 Å². The minimum atomic E-state index is -0.262. The summed E-state index contributed by atoms with van der Waals surface area (Å²) in [4.78, 5) is 15.7. The molecule has 1 fully saturated rings. The lowest BCUT2D eigenvalue weighted by Gasteiger charge is -2.10. The van der Waals surface area contributed by atoms with Crippen LogP contribution in [0.15, 0.2) is 10.9 Å². The van der Waals surface area contributed by atoms with Gasteiger partial charge >= 0.3 is 0 Å². The van der Waals surface area contributed by atoms with Gasteiger partial charge in [0.25, 0.3) is 0 Å². The van der Waals surface area contributed by atoms with Crippen LogP contribution in [0.25, 0.3) is 0 Å². The van der Waals surface area contributed by atoms with Crippen LogP contribution in [-0.2, 0) is 4.74 Å². The Labute approximate surface area is 80.8 Å². The van der Waals surface area contributed by atoms with Gasteiger partial charge < -0.3 is 4.74 Å². The first-order chi connectivity index (χ1) is 6.29. The smallest absolute Gasteiger partial charge is 0.210 e. The molecule has 0 aliphatic carbocycles. The highest BCUT2D eigenvalue weighted by Crippen LogP contribution is 2.23. The Morgan fingerprint density at radius 3 is 3.15 bits per heavy atom. The molecule has 3 nitrogen and oxygen atoms in total. The van der Waals surface area contributed by atoms with Crippen molar-refractivity contribution in [3.05, 3.63) is 16.6 Å². The lowest BCUT2D eigenvalue weighted by atomic mass is 9.99. The van der Waals surface area contributed by atoms with Gasteiger partial charge in [-0.05, 0) is 12.3 Å². The normalized spacial score (nSPS) is 27.8. The molecule has 0 radical (unpaired) electrons. The van der Waals surface area contributed by atoms with E-state index in [0.717, 1.165) is 6.42 Å². The van der Waals surface area contributed by atoms with Crippen LogP contribution >= 0.6 is 11.3 Å². The molecule has 0 amide bonds. The minimum Gasteiger partial charge on any atom is -0.370 e. The Balaban J connectivity index is 2.13. The molecule has 0 bridgehead atoms. The van der Waals surface area contributed by atoms with Gasteiger partial charge in [0.2, 0.25) is 5.78 Å². The van der Waals surface area contributed by atoms with Crippen molar-refractivity contribution in [2.75, 3.05) is 6.61 Å². The fourth-order valence-corrected chi connectivity index (χ4v) is 2.05. The summed E-state index contributed by atoms with van der Waals surface area (Å²) in [5.41, 5.74) is 2.22. The third-order valence-electron chi connectivity index (χ3n) is 2.33. The summed E-state index contributed by atoms with van der Waals surface area (Å²) in [6.45, 7) is 2.74. The number of hydrogen-bond acceptors (Lipinski definition) is 4. The topological polar surface area (TPSA) is 39.2 Å². The van der Waals surface area contributed by atoms with E-state index >= 15 is 0 Å². The number of carbonyl (C=O) groups excluding carboxylic acids is 1.